The summed E-state index contributed by atoms with van der Waals surface area (Å²) in [6, 6.07) is 8.25. The normalized spacial score (nSPS) is 29.9. The highest BCUT2D eigenvalue weighted by Crippen LogP contribution is 2.34. The molecule has 0 radical (unpaired) electrons. The molecule has 1 saturated carbocycles. The molecular weight excluding hydrogens is 304 g/mol. The van der Waals surface area contributed by atoms with Crippen molar-refractivity contribution in [2.24, 2.45) is 5.92 Å². The van der Waals surface area contributed by atoms with E-state index in [4.69, 9.17) is 0 Å². The molecule has 1 atom stereocenters. The first-order valence-electron chi connectivity index (χ1n) is 8.97. The third-order valence-electron chi connectivity index (χ3n) is 5.81. The lowest BCUT2D eigenvalue weighted by molar-refractivity contribution is -0.152. The molecule has 1 saturated heterocycles. The Hall–Kier alpha value is -1.88. The van der Waals surface area contributed by atoms with Gasteiger partial charge >= 0.3 is 0 Å². The van der Waals surface area contributed by atoms with Gasteiger partial charge in [0.05, 0.1) is 18.7 Å². The van der Waals surface area contributed by atoms with Crippen molar-refractivity contribution in [3.8, 4) is 0 Å². The van der Waals surface area contributed by atoms with Gasteiger partial charge in [-0.15, -0.1) is 0 Å². The van der Waals surface area contributed by atoms with Crippen LogP contribution in [0.5, 0.6) is 0 Å². The van der Waals surface area contributed by atoms with Gasteiger partial charge < -0.3 is 14.9 Å². The maximum atomic E-state index is 12.9. The number of aliphatic hydroxyl groups is 1. The Kier molecular flexibility index (Phi) is 4.04. The Morgan fingerprint density at radius 1 is 1.12 bits per heavy atom. The fraction of sp³-hybridized carbons (Fsp3) is 0.579. The summed E-state index contributed by atoms with van der Waals surface area (Å²) in [7, 11) is 0. The van der Waals surface area contributed by atoms with Gasteiger partial charge in [0.15, 0.2) is 0 Å². The van der Waals surface area contributed by atoms with E-state index in [1.807, 2.05) is 17.0 Å². The SMILES string of the molecule is O=C(C1CCC(O)CC1)N1CC(=O)N2CCc3ccccc3[C@@H]2C1. The van der Waals surface area contributed by atoms with Gasteiger partial charge in [-0.3, -0.25) is 9.59 Å². The maximum Gasteiger partial charge on any atom is 0.242 e. The summed E-state index contributed by atoms with van der Waals surface area (Å²) in [5.74, 6) is 0.120. The molecule has 1 aliphatic carbocycles. The van der Waals surface area contributed by atoms with Crippen molar-refractivity contribution in [1.29, 1.82) is 0 Å². The smallest absolute Gasteiger partial charge is 0.242 e. The summed E-state index contributed by atoms with van der Waals surface area (Å²) >= 11 is 0. The molecule has 1 N–H and O–H groups in total. The van der Waals surface area contributed by atoms with Crippen LogP contribution in [0.2, 0.25) is 0 Å². The Morgan fingerprint density at radius 3 is 2.67 bits per heavy atom. The second kappa shape index (κ2) is 6.20. The van der Waals surface area contributed by atoms with E-state index in [1.165, 1.54) is 11.1 Å². The van der Waals surface area contributed by atoms with Gasteiger partial charge in [-0.2, -0.15) is 0 Å². The van der Waals surface area contributed by atoms with E-state index in [9.17, 15) is 14.7 Å². The lowest BCUT2D eigenvalue weighted by Crippen LogP contribution is -2.56. The van der Waals surface area contributed by atoms with Gasteiger partial charge in [-0.25, -0.2) is 0 Å². The molecule has 0 unspecified atom stereocenters. The molecule has 5 nitrogen and oxygen atoms in total. The van der Waals surface area contributed by atoms with Crippen molar-refractivity contribution in [3.05, 3.63) is 35.4 Å². The Bertz CT molecular complexity index is 652. The molecule has 2 amide bonds. The summed E-state index contributed by atoms with van der Waals surface area (Å²) in [4.78, 5) is 29.1. The topological polar surface area (TPSA) is 60.9 Å². The highest BCUT2D eigenvalue weighted by molar-refractivity contribution is 5.87. The van der Waals surface area contributed by atoms with E-state index in [0.717, 1.165) is 25.8 Å². The second-order valence-electron chi connectivity index (χ2n) is 7.28. The molecule has 2 aliphatic heterocycles. The maximum absolute atomic E-state index is 12.9. The zero-order valence-corrected chi connectivity index (χ0v) is 13.9. The third kappa shape index (κ3) is 2.71. The van der Waals surface area contributed by atoms with Gasteiger partial charge in [0.2, 0.25) is 11.8 Å². The zero-order valence-electron chi connectivity index (χ0n) is 13.9. The molecule has 5 heteroatoms. The van der Waals surface area contributed by atoms with Crippen LogP contribution in [0.4, 0.5) is 0 Å². The number of fused-ring (bicyclic) bond motifs is 3. The van der Waals surface area contributed by atoms with Gasteiger partial charge in [0, 0.05) is 19.0 Å². The predicted octanol–water partition coefficient (Wildman–Crippen LogP) is 1.51. The molecule has 1 aromatic rings. The largest absolute Gasteiger partial charge is 0.393 e. The van der Waals surface area contributed by atoms with Crippen LogP contribution in [0.25, 0.3) is 0 Å². The molecule has 24 heavy (non-hydrogen) atoms. The fourth-order valence-corrected chi connectivity index (χ4v) is 4.42. The van der Waals surface area contributed by atoms with Crippen LogP contribution in [-0.4, -0.2) is 52.5 Å². The summed E-state index contributed by atoms with van der Waals surface area (Å²) in [6.07, 6.45) is 3.48. The monoisotopic (exact) mass is 328 g/mol. The fourth-order valence-electron chi connectivity index (χ4n) is 4.42. The van der Waals surface area contributed by atoms with Crippen LogP contribution in [0.1, 0.15) is 42.9 Å². The molecule has 128 valence electrons. The van der Waals surface area contributed by atoms with Gasteiger partial charge in [0.25, 0.3) is 0 Å². The highest BCUT2D eigenvalue weighted by Gasteiger charge is 2.40. The number of aliphatic hydroxyl groups excluding tert-OH is 1. The Morgan fingerprint density at radius 2 is 1.88 bits per heavy atom. The number of benzene rings is 1. The van der Waals surface area contributed by atoms with Crippen molar-refractivity contribution >= 4 is 11.8 Å². The molecule has 2 fully saturated rings. The minimum absolute atomic E-state index is 0.00525. The second-order valence-corrected chi connectivity index (χ2v) is 7.28. The number of carbonyl (C=O) groups is 2. The predicted molar refractivity (Wildman–Crippen MR) is 89.1 cm³/mol. The van der Waals surface area contributed by atoms with Crippen molar-refractivity contribution in [2.75, 3.05) is 19.6 Å². The summed E-state index contributed by atoms with van der Waals surface area (Å²) < 4.78 is 0. The molecule has 2 heterocycles. The zero-order chi connectivity index (χ0) is 16.7. The van der Waals surface area contributed by atoms with E-state index < -0.39 is 0 Å². The minimum Gasteiger partial charge on any atom is -0.393 e. The number of piperazine rings is 1. The average molecular weight is 328 g/mol. The van der Waals surface area contributed by atoms with E-state index >= 15 is 0 Å². The molecule has 0 aromatic heterocycles. The van der Waals surface area contributed by atoms with E-state index in [1.54, 1.807) is 4.90 Å². The number of hydrogen-bond acceptors (Lipinski definition) is 3. The van der Waals surface area contributed by atoms with Crippen molar-refractivity contribution in [2.45, 2.75) is 44.2 Å². The van der Waals surface area contributed by atoms with Gasteiger partial charge in [0.1, 0.15) is 0 Å². The number of amides is 2. The van der Waals surface area contributed by atoms with Crippen LogP contribution in [0.15, 0.2) is 24.3 Å². The van der Waals surface area contributed by atoms with Crippen molar-refractivity contribution < 1.29 is 14.7 Å². The first kappa shape index (κ1) is 15.6. The minimum atomic E-state index is -0.266. The standard InChI is InChI=1S/C19H24N2O3/c22-15-7-5-14(6-8-15)19(24)20-11-17-16-4-2-1-3-13(16)9-10-21(17)18(23)12-20/h1-4,14-15,17,22H,5-12H2/t14?,15?,17-/m0/s1. The van der Waals surface area contributed by atoms with Crippen molar-refractivity contribution in [1.82, 2.24) is 9.80 Å². The van der Waals surface area contributed by atoms with Crippen molar-refractivity contribution in [3.63, 3.8) is 0 Å². The highest BCUT2D eigenvalue weighted by atomic mass is 16.3. The number of hydrogen-bond donors (Lipinski definition) is 1. The van der Waals surface area contributed by atoms with Gasteiger partial charge in [-0.1, -0.05) is 24.3 Å². The number of rotatable bonds is 1. The summed E-state index contributed by atoms with van der Waals surface area (Å²) in [5, 5.41) is 9.64. The van der Waals surface area contributed by atoms with Crippen LogP contribution in [0.3, 0.4) is 0 Å². The lowest BCUT2D eigenvalue weighted by Gasteiger charge is -2.45. The van der Waals surface area contributed by atoms with E-state index in [0.29, 0.717) is 19.4 Å². The average Bonchev–Trinajstić information content (AvgIpc) is 2.61. The first-order chi connectivity index (χ1) is 11.6. The Balaban J connectivity index is 1.54. The van der Waals surface area contributed by atoms with Crippen LogP contribution in [0, 0.1) is 5.92 Å². The molecule has 1 aromatic carbocycles. The first-order valence-corrected chi connectivity index (χ1v) is 8.97. The van der Waals surface area contributed by atoms with Gasteiger partial charge in [-0.05, 0) is 43.2 Å². The molecule has 3 aliphatic rings. The molecule has 0 bridgehead atoms. The third-order valence-corrected chi connectivity index (χ3v) is 5.81. The summed E-state index contributed by atoms with van der Waals surface area (Å²) in [5.41, 5.74) is 2.48. The lowest BCUT2D eigenvalue weighted by atomic mass is 9.85. The van der Waals surface area contributed by atoms with Crippen LogP contribution >= 0.6 is 0 Å². The number of carbonyl (C=O) groups excluding carboxylic acids is 2. The van der Waals surface area contributed by atoms with E-state index in [2.05, 4.69) is 12.1 Å². The quantitative estimate of drug-likeness (QED) is 0.850. The molecule has 0 spiro atoms. The van der Waals surface area contributed by atoms with E-state index in [-0.39, 0.29) is 36.4 Å². The van der Waals surface area contributed by atoms with Crippen LogP contribution in [-0.2, 0) is 16.0 Å². The summed E-state index contributed by atoms with van der Waals surface area (Å²) in [6.45, 7) is 1.55. The Labute approximate surface area is 142 Å². The molecule has 4 rings (SSSR count). The van der Waals surface area contributed by atoms with Crippen LogP contribution < -0.4 is 0 Å². The molecular formula is C19H24N2O3. The number of nitrogens with zero attached hydrogens (tertiary/aromatic N) is 2.